The Morgan fingerprint density at radius 3 is 2.75 bits per heavy atom. The zero-order valence-electron chi connectivity index (χ0n) is 11.2. The molecule has 1 unspecified atom stereocenters. The molecule has 1 amide bonds. The molecule has 6 nitrogen and oxygen atoms in total. The molecule has 1 aliphatic heterocycles. The number of aromatic nitrogens is 1. The molecule has 0 saturated carbocycles. The highest BCUT2D eigenvalue weighted by atomic mass is 35.5. The second-order valence-corrected chi connectivity index (χ2v) is 4.51. The summed E-state index contributed by atoms with van der Waals surface area (Å²) >= 11 is 0. The van der Waals surface area contributed by atoms with E-state index in [4.69, 9.17) is 10.5 Å². The van der Waals surface area contributed by atoms with Crippen molar-refractivity contribution in [2.24, 2.45) is 0 Å². The van der Waals surface area contributed by atoms with E-state index in [1.54, 1.807) is 12.1 Å². The topological polar surface area (TPSA) is 85.5 Å². The molecule has 1 aromatic heterocycles. The van der Waals surface area contributed by atoms with Gasteiger partial charge in [0.05, 0.1) is 19.0 Å². The summed E-state index contributed by atoms with van der Waals surface area (Å²) in [4.78, 5) is 29.6. The number of carbonyl (C=O) groups excluding carboxylic acids is 2. The third-order valence-electron chi connectivity index (χ3n) is 3.24. The number of ether oxygens (including phenoxy) is 1. The van der Waals surface area contributed by atoms with Crippen molar-refractivity contribution in [3.05, 3.63) is 24.0 Å². The summed E-state index contributed by atoms with van der Waals surface area (Å²) in [6.45, 7) is 0.546. The van der Waals surface area contributed by atoms with Crippen LogP contribution < -0.4 is 5.73 Å². The Labute approximate surface area is 123 Å². The molecule has 1 atom stereocenters. The molecule has 1 aliphatic rings. The molecule has 2 rings (SSSR count). The first-order valence-corrected chi connectivity index (χ1v) is 6.24. The summed E-state index contributed by atoms with van der Waals surface area (Å²) in [5.74, 6) is -0.626. The molecular weight excluding hydrogens is 282 g/mol. The molecule has 2 heterocycles. The number of methoxy groups -OCH3 is 1. The fourth-order valence-corrected chi connectivity index (χ4v) is 2.23. The maximum absolute atomic E-state index is 12.4. The number of pyridine rings is 1. The van der Waals surface area contributed by atoms with Crippen molar-refractivity contribution in [2.45, 2.75) is 25.3 Å². The summed E-state index contributed by atoms with van der Waals surface area (Å²) in [7, 11) is 1.33. The summed E-state index contributed by atoms with van der Waals surface area (Å²) in [6, 6.07) is 2.68. The fourth-order valence-electron chi connectivity index (χ4n) is 2.23. The minimum Gasteiger partial charge on any atom is -0.467 e. The molecule has 0 aliphatic carbocycles. The molecule has 0 bridgehead atoms. The van der Waals surface area contributed by atoms with Crippen LogP contribution >= 0.6 is 12.4 Å². The summed E-state index contributed by atoms with van der Waals surface area (Å²) in [5, 5.41) is 0. The smallest absolute Gasteiger partial charge is 0.328 e. The van der Waals surface area contributed by atoms with E-state index in [0.717, 1.165) is 12.8 Å². The third-order valence-corrected chi connectivity index (χ3v) is 3.24. The quantitative estimate of drug-likeness (QED) is 0.831. The van der Waals surface area contributed by atoms with Crippen molar-refractivity contribution < 1.29 is 14.3 Å². The van der Waals surface area contributed by atoms with Crippen LogP contribution in [0.1, 0.15) is 29.8 Å². The molecule has 0 spiro atoms. The summed E-state index contributed by atoms with van der Waals surface area (Å²) in [6.07, 6.45) is 3.87. The van der Waals surface area contributed by atoms with Gasteiger partial charge in [-0.3, -0.25) is 4.79 Å². The first-order chi connectivity index (χ1) is 9.13. The maximum atomic E-state index is 12.4. The van der Waals surface area contributed by atoms with Crippen molar-refractivity contribution >= 4 is 30.0 Å². The third kappa shape index (κ3) is 3.39. The number of hydrogen-bond donors (Lipinski definition) is 1. The minimum atomic E-state index is -0.509. The van der Waals surface area contributed by atoms with E-state index in [1.807, 2.05) is 0 Å². The van der Waals surface area contributed by atoms with E-state index < -0.39 is 6.04 Å². The Kier molecular flexibility index (Phi) is 5.76. The lowest BCUT2D eigenvalue weighted by Crippen LogP contribution is -2.48. The van der Waals surface area contributed by atoms with E-state index in [1.165, 1.54) is 18.2 Å². The number of nitrogens with zero attached hydrogens (tertiary/aromatic N) is 2. The van der Waals surface area contributed by atoms with E-state index in [0.29, 0.717) is 24.3 Å². The number of rotatable bonds is 2. The summed E-state index contributed by atoms with van der Waals surface area (Å²) in [5.41, 5.74) is 6.34. The van der Waals surface area contributed by atoms with E-state index >= 15 is 0 Å². The van der Waals surface area contributed by atoms with Crippen molar-refractivity contribution in [2.75, 3.05) is 19.4 Å². The minimum absolute atomic E-state index is 0. The number of nitrogen functional groups attached to an aromatic ring is 1. The zero-order valence-corrected chi connectivity index (χ0v) is 12.1. The van der Waals surface area contributed by atoms with Gasteiger partial charge in [-0.25, -0.2) is 9.78 Å². The number of piperidine rings is 1. The Morgan fingerprint density at radius 2 is 2.15 bits per heavy atom. The Hall–Kier alpha value is -1.82. The predicted molar refractivity (Wildman–Crippen MR) is 76.6 cm³/mol. The Bertz CT molecular complexity index is 478. The van der Waals surface area contributed by atoms with Crippen LogP contribution in [0.15, 0.2) is 18.3 Å². The largest absolute Gasteiger partial charge is 0.467 e. The molecule has 2 N–H and O–H groups in total. The number of likely N-dealkylation sites (tertiary alicyclic amines) is 1. The number of halogens is 1. The fraction of sp³-hybridized carbons (Fsp3) is 0.462. The second-order valence-electron chi connectivity index (χ2n) is 4.51. The Morgan fingerprint density at radius 1 is 1.40 bits per heavy atom. The first kappa shape index (κ1) is 16.2. The van der Waals surface area contributed by atoms with E-state index in [9.17, 15) is 9.59 Å². The molecule has 1 fully saturated rings. The second kappa shape index (κ2) is 7.09. The predicted octanol–water partition coefficient (Wildman–Crippen LogP) is 1.25. The number of anilines is 1. The molecule has 1 aromatic rings. The number of hydrogen-bond acceptors (Lipinski definition) is 5. The van der Waals surface area contributed by atoms with E-state index in [2.05, 4.69) is 4.98 Å². The maximum Gasteiger partial charge on any atom is 0.328 e. The first-order valence-electron chi connectivity index (χ1n) is 6.24. The monoisotopic (exact) mass is 299 g/mol. The lowest BCUT2D eigenvalue weighted by Gasteiger charge is -2.33. The average Bonchev–Trinajstić information content (AvgIpc) is 2.46. The van der Waals surface area contributed by atoms with Crippen LogP contribution in [0.5, 0.6) is 0 Å². The van der Waals surface area contributed by atoms with Gasteiger partial charge < -0.3 is 15.4 Å². The van der Waals surface area contributed by atoms with Crippen LogP contribution in [-0.4, -0.2) is 41.5 Å². The number of esters is 1. The molecular formula is C13H18ClN3O3. The lowest BCUT2D eigenvalue weighted by atomic mass is 10.0. The van der Waals surface area contributed by atoms with Crippen molar-refractivity contribution in [1.82, 2.24) is 9.88 Å². The highest BCUT2D eigenvalue weighted by molar-refractivity contribution is 5.95. The van der Waals surface area contributed by atoms with E-state index in [-0.39, 0.29) is 24.3 Å². The standard InChI is InChI=1S/C13H17N3O3.ClH/c1-19-13(18)11-4-2-3-7-16(11)12(17)10-6-5-9(14)8-15-10;/h5-6,8,11H,2-4,7,14H2,1H3;1H. The SMILES string of the molecule is COC(=O)C1CCCCN1C(=O)c1ccc(N)cn1.Cl. The van der Waals surface area contributed by atoms with Crippen molar-refractivity contribution in [3.8, 4) is 0 Å². The van der Waals surface area contributed by atoms with Crippen LogP contribution in [-0.2, 0) is 9.53 Å². The van der Waals surface area contributed by atoms with Gasteiger partial charge in [0.25, 0.3) is 5.91 Å². The van der Waals surface area contributed by atoms with Gasteiger partial charge in [-0.2, -0.15) is 0 Å². The van der Waals surface area contributed by atoms with Gasteiger partial charge in [0.2, 0.25) is 0 Å². The lowest BCUT2D eigenvalue weighted by molar-refractivity contribution is -0.147. The molecule has 1 saturated heterocycles. The molecule has 7 heteroatoms. The molecule has 20 heavy (non-hydrogen) atoms. The van der Waals surface area contributed by atoms with Crippen LogP contribution in [0.4, 0.5) is 5.69 Å². The van der Waals surface area contributed by atoms with Gasteiger partial charge >= 0.3 is 5.97 Å². The van der Waals surface area contributed by atoms with Crippen molar-refractivity contribution in [3.63, 3.8) is 0 Å². The van der Waals surface area contributed by atoms with Gasteiger partial charge in [-0.15, -0.1) is 12.4 Å². The van der Waals surface area contributed by atoms with Crippen LogP contribution in [0, 0.1) is 0 Å². The molecule has 0 radical (unpaired) electrons. The normalized spacial score (nSPS) is 18.1. The van der Waals surface area contributed by atoms with Crippen molar-refractivity contribution in [1.29, 1.82) is 0 Å². The van der Waals surface area contributed by atoms with Gasteiger partial charge in [-0.1, -0.05) is 0 Å². The Balaban J connectivity index is 0.00000200. The van der Waals surface area contributed by atoms with Gasteiger partial charge in [-0.05, 0) is 31.4 Å². The van der Waals surface area contributed by atoms with Gasteiger partial charge in [0.15, 0.2) is 0 Å². The van der Waals surface area contributed by atoms with Crippen LogP contribution in [0.25, 0.3) is 0 Å². The number of carbonyl (C=O) groups is 2. The zero-order chi connectivity index (χ0) is 13.8. The number of nitrogens with two attached hydrogens (primary N) is 1. The average molecular weight is 300 g/mol. The van der Waals surface area contributed by atoms with Gasteiger partial charge in [0.1, 0.15) is 11.7 Å². The molecule has 0 aromatic carbocycles. The summed E-state index contributed by atoms with van der Waals surface area (Å²) < 4.78 is 4.75. The van der Waals surface area contributed by atoms with Crippen LogP contribution in [0.3, 0.4) is 0 Å². The molecule has 110 valence electrons. The van der Waals surface area contributed by atoms with Crippen LogP contribution in [0.2, 0.25) is 0 Å². The number of amides is 1. The highest BCUT2D eigenvalue weighted by Crippen LogP contribution is 2.20. The van der Waals surface area contributed by atoms with Gasteiger partial charge in [0, 0.05) is 6.54 Å². The highest BCUT2D eigenvalue weighted by Gasteiger charge is 2.33.